The maximum Gasteiger partial charge on any atom is 0.282 e. The first kappa shape index (κ1) is 19.4. The lowest BCUT2D eigenvalue weighted by Crippen LogP contribution is -3.19. The number of fused-ring (bicyclic) bond motifs is 1. The number of nitrogens with one attached hydrogen (secondary N) is 2. The van der Waals surface area contributed by atoms with Crippen molar-refractivity contribution in [2.75, 3.05) is 49.8 Å². The molecule has 2 N–H and O–H groups in total. The zero-order valence-corrected chi connectivity index (χ0v) is 16.9. The van der Waals surface area contributed by atoms with Gasteiger partial charge in [0.1, 0.15) is 5.75 Å². The van der Waals surface area contributed by atoms with Crippen molar-refractivity contribution in [2.24, 2.45) is 0 Å². The number of para-hydroxylation sites is 2. The predicted molar refractivity (Wildman–Crippen MR) is 111 cm³/mol. The van der Waals surface area contributed by atoms with Crippen molar-refractivity contribution in [3.05, 3.63) is 42.5 Å². The molecule has 1 saturated heterocycles. The maximum absolute atomic E-state index is 12.8. The summed E-state index contributed by atoms with van der Waals surface area (Å²) in [5.41, 5.74) is 1.86. The van der Waals surface area contributed by atoms with Gasteiger partial charge >= 0.3 is 0 Å². The number of benzene rings is 2. The lowest BCUT2D eigenvalue weighted by molar-refractivity contribution is -0.914. The van der Waals surface area contributed by atoms with Crippen LogP contribution in [-0.2, 0) is 4.79 Å². The van der Waals surface area contributed by atoms with Gasteiger partial charge in [-0.05, 0) is 38.1 Å². The Hall–Kier alpha value is -2.93. The third-order valence-electron chi connectivity index (χ3n) is 5.56. The Morgan fingerprint density at radius 3 is 2.72 bits per heavy atom. The van der Waals surface area contributed by atoms with Crippen LogP contribution in [0.25, 0.3) is 0 Å². The number of carbonyl (C=O) groups excluding carboxylic acids is 1. The van der Waals surface area contributed by atoms with E-state index in [2.05, 4.69) is 16.3 Å². The molecule has 1 fully saturated rings. The van der Waals surface area contributed by atoms with Crippen LogP contribution >= 0.6 is 0 Å². The number of rotatable bonds is 6. The summed E-state index contributed by atoms with van der Waals surface area (Å²) >= 11 is 0. The third-order valence-corrected chi connectivity index (χ3v) is 5.56. The molecule has 2 aromatic rings. The van der Waals surface area contributed by atoms with Gasteiger partial charge in [0.25, 0.3) is 5.91 Å². The molecule has 0 aliphatic carbocycles. The van der Waals surface area contributed by atoms with E-state index in [0.717, 1.165) is 43.3 Å². The largest absolute Gasteiger partial charge is 0.492 e. The molecular weight excluding hydrogens is 370 g/mol. The van der Waals surface area contributed by atoms with E-state index in [-0.39, 0.29) is 18.7 Å². The Morgan fingerprint density at radius 1 is 1.17 bits per heavy atom. The number of quaternary nitrogens is 1. The van der Waals surface area contributed by atoms with Gasteiger partial charge in [-0.3, -0.25) is 4.79 Å². The second-order valence-corrected chi connectivity index (χ2v) is 7.33. The topological polar surface area (TPSA) is 64.5 Å². The summed E-state index contributed by atoms with van der Waals surface area (Å²) in [6.45, 7) is 8.44. The predicted octanol–water partition coefficient (Wildman–Crippen LogP) is 1.55. The number of hydrogen-bond donors (Lipinski definition) is 2. The van der Waals surface area contributed by atoms with Crippen LogP contribution in [0.3, 0.4) is 0 Å². The van der Waals surface area contributed by atoms with Gasteiger partial charge < -0.3 is 29.3 Å². The van der Waals surface area contributed by atoms with Crippen LogP contribution in [0.15, 0.2) is 42.5 Å². The Bertz CT molecular complexity index is 865. The molecule has 4 rings (SSSR count). The summed E-state index contributed by atoms with van der Waals surface area (Å²) in [6.07, 6.45) is 0. The number of carbonyl (C=O) groups is 1. The minimum Gasteiger partial charge on any atom is -0.492 e. The van der Waals surface area contributed by atoms with E-state index in [4.69, 9.17) is 14.2 Å². The fourth-order valence-electron chi connectivity index (χ4n) is 3.87. The third kappa shape index (κ3) is 4.24. The van der Waals surface area contributed by atoms with Gasteiger partial charge in [0.2, 0.25) is 6.79 Å². The second kappa shape index (κ2) is 8.61. The highest BCUT2D eigenvalue weighted by molar-refractivity contribution is 5.94. The highest BCUT2D eigenvalue weighted by Crippen LogP contribution is 2.34. The molecule has 0 spiro atoms. The number of hydrogen-bond acceptors (Lipinski definition) is 5. The Balaban J connectivity index is 1.34. The van der Waals surface area contributed by atoms with Crippen LogP contribution in [0.4, 0.5) is 11.4 Å². The fraction of sp³-hybridized carbons (Fsp3) is 0.409. The molecule has 154 valence electrons. The van der Waals surface area contributed by atoms with Gasteiger partial charge in [-0.2, -0.15) is 0 Å². The number of nitrogens with zero attached hydrogens (tertiary/aromatic N) is 1. The van der Waals surface area contributed by atoms with Crippen molar-refractivity contribution in [3.8, 4) is 17.2 Å². The molecule has 2 heterocycles. The molecule has 0 unspecified atom stereocenters. The molecule has 0 radical (unpaired) electrons. The van der Waals surface area contributed by atoms with E-state index in [9.17, 15) is 4.79 Å². The lowest BCUT2D eigenvalue weighted by Gasteiger charge is -2.36. The van der Waals surface area contributed by atoms with Crippen molar-refractivity contribution in [1.29, 1.82) is 0 Å². The second-order valence-electron chi connectivity index (χ2n) is 7.33. The minimum absolute atomic E-state index is 0.0158. The first-order valence-electron chi connectivity index (χ1n) is 10.2. The summed E-state index contributed by atoms with van der Waals surface area (Å²) in [7, 11) is 0. The molecule has 0 aromatic heterocycles. The molecule has 29 heavy (non-hydrogen) atoms. The standard InChI is InChI=1S/C22H27N3O4/c1-3-27-19-7-5-4-6-18(19)25-12-10-24(11-13-25)16(2)22(26)23-17-8-9-20-21(14-17)29-15-28-20/h4-9,14,16H,3,10-13,15H2,1-2H3,(H,23,26)/p+1/t16-/m1/s1. The van der Waals surface area contributed by atoms with Crippen molar-refractivity contribution < 1.29 is 23.9 Å². The van der Waals surface area contributed by atoms with Gasteiger partial charge in [-0.15, -0.1) is 0 Å². The smallest absolute Gasteiger partial charge is 0.282 e. The van der Waals surface area contributed by atoms with Crippen LogP contribution in [0.2, 0.25) is 0 Å². The van der Waals surface area contributed by atoms with Gasteiger partial charge in [-0.25, -0.2) is 0 Å². The summed E-state index contributed by atoms with van der Waals surface area (Å²) in [5.74, 6) is 2.32. The highest BCUT2D eigenvalue weighted by Gasteiger charge is 2.30. The minimum atomic E-state index is -0.135. The van der Waals surface area contributed by atoms with E-state index < -0.39 is 0 Å². The molecule has 1 atom stereocenters. The molecule has 7 nitrogen and oxygen atoms in total. The van der Waals surface area contributed by atoms with Crippen LogP contribution in [0.5, 0.6) is 17.2 Å². The van der Waals surface area contributed by atoms with Gasteiger partial charge in [-0.1, -0.05) is 12.1 Å². The van der Waals surface area contributed by atoms with E-state index in [1.807, 2.05) is 50.2 Å². The fourth-order valence-corrected chi connectivity index (χ4v) is 3.87. The monoisotopic (exact) mass is 398 g/mol. The first-order chi connectivity index (χ1) is 14.2. The van der Waals surface area contributed by atoms with Gasteiger partial charge in [0.05, 0.1) is 38.5 Å². The van der Waals surface area contributed by atoms with Crippen LogP contribution in [-0.4, -0.2) is 51.5 Å². The first-order valence-corrected chi connectivity index (χ1v) is 10.2. The Kier molecular flexibility index (Phi) is 5.76. The van der Waals surface area contributed by atoms with E-state index in [0.29, 0.717) is 18.1 Å². The number of amides is 1. The quantitative estimate of drug-likeness (QED) is 0.773. The van der Waals surface area contributed by atoms with Gasteiger partial charge in [0.15, 0.2) is 17.5 Å². The summed E-state index contributed by atoms with van der Waals surface area (Å²) < 4.78 is 16.5. The van der Waals surface area contributed by atoms with Crippen molar-refractivity contribution in [1.82, 2.24) is 0 Å². The molecule has 7 heteroatoms. The molecule has 2 aromatic carbocycles. The molecule has 0 bridgehead atoms. The SMILES string of the molecule is CCOc1ccccc1N1CC[NH+]([C@H](C)C(=O)Nc2ccc3c(c2)OCO3)CC1. The van der Waals surface area contributed by atoms with E-state index >= 15 is 0 Å². The maximum atomic E-state index is 12.8. The summed E-state index contributed by atoms with van der Waals surface area (Å²) in [4.78, 5) is 16.4. The van der Waals surface area contributed by atoms with Crippen LogP contribution in [0, 0.1) is 0 Å². The highest BCUT2D eigenvalue weighted by atomic mass is 16.7. The van der Waals surface area contributed by atoms with Crippen LogP contribution in [0.1, 0.15) is 13.8 Å². The average Bonchev–Trinajstić information content (AvgIpc) is 3.22. The molecule has 1 amide bonds. The Labute approximate surface area is 171 Å². The van der Waals surface area contributed by atoms with E-state index in [1.165, 1.54) is 4.90 Å². The molecule has 2 aliphatic heterocycles. The lowest BCUT2D eigenvalue weighted by atomic mass is 10.2. The molecular formula is C22H28N3O4+. The Morgan fingerprint density at radius 2 is 1.93 bits per heavy atom. The number of piperazine rings is 1. The summed E-state index contributed by atoms with van der Waals surface area (Å²) in [5, 5.41) is 3.01. The normalized spacial score (nSPS) is 17.1. The van der Waals surface area contributed by atoms with Gasteiger partial charge in [0, 0.05) is 11.8 Å². The van der Waals surface area contributed by atoms with Crippen molar-refractivity contribution >= 4 is 17.3 Å². The average molecular weight is 398 g/mol. The van der Waals surface area contributed by atoms with Crippen molar-refractivity contribution in [2.45, 2.75) is 19.9 Å². The molecule has 2 aliphatic rings. The zero-order chi connectivity index (χ0) is 20.2. The zero-order valence-electron chi connectivity index (χ0n) is 16.9. The number of anilines is 2. The van der Waals surface area contributed by atoms with E-state index in [1.54, 1.807) is 0 Å². The van der Waals surface area contributed by atoms with Crippen LogP contribution < -0.4 is 29.3 Å². The summed E-state index contributed by atoms with van der Waals surface area (Å²) in [6, 6.07) is 13.5. The van der Waals surface area contributed by atoms with Crippen molar-refractivity contribution in [3.63, 3.8) is 0 Å². The molecule has 0 saturated carbocycles. The number of ether oxygens (including phenoxy) is 3.